The molecular weight excluding hydrogens is 313 g/mol. The normalized spacial score (nSPS) is 12.1. The zero-order chi connectivity index (χ0) is 14.8. The van der Waals surface area contributed by atoms with Crippen LogP contribution < -0.4 is 61.4 Å². The van der Waals surface area contributed by atoms with Gasteiger partial charge in [-0.3, -0.25) is 0 Å². The summed E-state index contributed by atoms with van der Waals surface area (Å²) in [5.41, 5.74) is 4.15. The number of thiocarbonyl (C=S) groups is 1. The van der Waals surface area contributed by atoms with E-state index in [0.717, 1.165) is 36.3 Å². The van der Waals surface area contributed by atoms with E-state index in [-0.39, 0.29) is 63.9 Å². The Kier molecular flexibility index (Phi) is 12.4. The molecule has 1 aromatic rings. The Morgan fingerprint density at radius 2 is 2.29 bits per heavy atom. The number of rotatable bonds is 3. The molecule has 0 saturated heterocycles. The van der Waals surface area contributed by atoms with Crippen molar-refractivity contribution in [2.75, 3.05) is 13.2 Å². The fourth-order valence-corrected chi connectivity index (χ4v) is 1.86. The summed E-state index contributed by atoms with van der Waals surface area (Å²) in [4.78, 5) is 11.2. The van der Waals surface area contributed by atoms with E-state index in [1.807, 2.05) is 18.2 Å². The molecular formula is C15H16KNO3S-2. The van der Waals surface area contributed by atoms with Crippen molar-refractivity contribution in [3.05, 3.63) is 48.4 Å². The van der Waals surface area contributed by atoms with Crippen LogP contribution >= 0.6 is 12.2 Å². The third kappa shape index (κ3) is 7.65. The van der Waals surface area contributed by atoms with Crippen LogP contribution in [0.15, 0.2) is 24.3 Å². The van der Waals surface area contributed by atoms with Gasteiger partial charge in [-0.25, -0.2) is 12.2 Å². The summed E-state index contributed by atoms with van der Waals surface area (Å²) in [7, 11) is 0. The van der Waals surface area contributed by atoms with Gasteiger partial charge < -0.3 is 26.9 Å². The minimum absolute atomic E-state index is 0. The first kappa shape index (κ1) is 20.9. The Morgan fingerprint density at radius 1 is 1.57 bits per heavy atom. The summed E-state index contributed by atoms with van der Waals surface area (Å²) in [6, 6.07) is 5.74. The number of nitrogens with one attached hydrogen (secondary N) is 1. The van der Waals surface area contributed by atoms with Gasteiger partial charge in [-0.1, -0.05) is 24.1 Å². The van der Waals surface area contributed by atoms with Crippen molar-refractivity contribution in [1.82, 2.24) is 5.32 Å². The fraction of sp³-hybridized carbons (Fsp3) is 0.267. The molecule has 1 aliphatic heterocycles. The number of ether oxygens (including phenoxy) is 1. The Bertz CT molecular complexity index is 492. The van der Waals surface area contributed by atoms with Crippen LogP contribution in [0.2, 0.25) is 0 Å². The molecule has 0 radical (unpaired) electrons. The molecule has 0 unspecified atom stereocenters. The molecule has 0 bridgehead atoms. The van der Waals surface area contributed by atoms with Crippen molar-refractivity contribution in [1.29, 1.82) is 0 Å². The van der Waals surface area contributed by atoms with Crippen LogP contribution in [0.5, 0.6) is 5.75 Å². The Balaban J connectivity index is 0.000000922. The van der Waals surface area contributed by atoms with E-state index in [4.69, 9.17) is 9.84 Å². The second kappa shape index (κ2) is 12.5. The standard InChI is InChI=1S/C13H11NO2S.C2H5O.K/c15-13(14-9-17)7-6-10-3-1-5-12-11(10)4-2-8-16-12;1-2-3;/h1,3,5,7H,2,4,8H2,(H,14,15,17);3H,1-2H2;/q-2;-1;+1. The summed E-state index contributed by atoms with van der Waals surface area (Å²) < 4.78 is 5.53. The van der Waals surface area contributed by atoms with Crippen LogP contribution in [0.25, 0.3) is 0 Å². The molecule has 1 aliphatic rings. The molecule has 1 aromatic carbocycles. The number of carbonyl (C=O) groups is 1. The Morgan fingerprint density at radius 3 is 2.95 bits per heavy atom. The smallest absolute Gasteiger partial charge is 0.503 e. The van der Waals surface area contributed by atoms with Gasteiger partial charge in [0, 0.05) is 0 Å². The maximum absolute atomic E-state index is 11.2. The average molecular weight is 329 g/mol. The van der Waals surface area contributed by atoms with Gasteiger partial charge in [0.05, 0.1) is 18.3 Å². The summed E-state index contributed by atoms with van der Waals surface area (Å²) in [5, 5.41) is 9.73. The number of hydrogen-bond donors (Lipinski definition) is 2. The SMILES string of the molecule is O=C(C=[C-]c1cccc2c1CCCO2)N[C-]=S.[CH2-]CO.[K+]. The molecule has 0 atom stereocenters. The topological polar surface area (TPSA) is 58.6 Å². The molecule has 0 fully saturated rings. The largest absolute Gasteiger partial charge is 1.00 e. The molecule has 2 N–H and O–H groups in total. The second-order valence-corrected chi connectivity index (χ2v) is 4.04. The van der Waals surface area contributed by atoms with Crippen molar-refractivity contribution >= 4 is 23.6 Å². The average Bonchev–Trinajstić information content (AvgIpc) is 2.46. The molecule has 1 heterocycles. The van der Waals surface area contributed by atoms with Gasteiger partial charge in [0.15, 0.2) is 0 Å². The van der Waals surface area contributed by atoms with Gasteiger partial charge >= 0.3 is 51.4 Å². The third-order valence-electron chi connectivity index (χ3n) is 2.49. The van der Waals surface area contributed by atoms with Crippen molar-refractivity contribution in [2.24, 2.45) is 0 Å². The molecule has 4 nitrogen and oxygen atoms in total. The number of carbonyl (C=O) groups excluding carboxylic acids is 1. The van der Waals surface area contributed by atoms with Gasteiger partial charge in [-0.05, 0) is 12.5 Å². The minimum Gasteiger partial charge on any atom is -0.503 e. The number of amides is 1. The van der Waals surface area contributed by atoms with Gasteiger partial charge in [-0.15, -0.1) is 29.8 Å². The monoisotopic (exact) mass is 329 g/mol. The van der Waals surface area contributed by atoms with Crippen molar-refractivity contribution in [3.63, 3.8) is 0 Å². The molecule has 0 aliphatic carbocycles. The molecule has 0 saturated carbocycles. The number of benzene rings is 1. The molecule has 2 rings (SSSR count). The van der Waals surface area contributed by atoms with Gasteiger partial charge in [-0.2, -0.15) is 0 Å². The zero-order valence-corrected chi connectivity index (χ0v) is 16.0. The zero-order valence-electron chi connectivity index (χ0n) is 12.0. The number of aliphatic hydroxyl groups excluding tert-OH is 1. The number of aliphatic hydroxyl groups is 1. The van der Waals surface area contributed by atoms with Crippen LogP contribution in [0.1, 0.15) is 17.5 Å². The Hall–Kier alpha value is -0.0836. The summed E-state index contributed by atoms with van der Waals surface area (Å²) in [5.74, 6) is 0.561. The van der Waals surface area contributed by atoms with Crippen molar-refractivity contribution < 1.29 is 66.0 Å². The minimum atomic E-state index is -0.325. The van der Waals surface area contributed by atoms with E-state index >= 15 is 0 Å². The van der Waals surface area contributed by atoms with Crippen molar-refractivity contribution in [3.8, 4) is 5.75 Å². The quantitative estimate of drug-likeness (QED) is 0.233. The van der Waals surface area contributed by atoms with E-state index in [0.29, 0.717) is 0 Å². The van der Waals surface area contributed by atoms with E-state index < -0.39 is 0 Å². The Labute approximate surface area is 173 Å². The van der Waals surface area contributed by atoms with Crippen LogP contribution in [-0.2, 0) is 11.2 Å². The summed E-state index contributed by atoms with van der Waals surface area (Å²) >= 11 is 4.41. The first-order chi connectivity index (χ1) is 9.72. The maximum atomic E-state index is 11.2. The van der Waals surface area contributed by atoms with Crippen molar-refractivity contribution in [2.45, 2.75) is 12.8 Å². The summed E-state index contributed by atoms with van der Waals surface area (Å²) in [6.07, 6.45) is 6.22. The van der Waals surface area contributed by atoms with E-state index in [1.165, 1.54) is 6.08 Å². The molecule has 1 amide bonds. The number of fused-ring (bicyclic) bond motifs is 1. The third-order valence-corrected chi connectivity index (χ3v) is 2.60. The predicted octanol–water partition coefficient (Wildman–Crippen LogP) is -1.51. The van der Waals surface area contributed by atoms with Crippen LogP contribution in [0, 0.1) is 13.0 Å². The summed E-state index contributed by atoms with van der Waals surface area (Å²) in [6.45, 7) is 3.79. The van der Waals surface area contributed by atoms with E-state index in [9.17, 15) is 4.79 Å². The maximum Gasteiger partial charge on any atom is 1.00 e. The molecule has 0 aromatic heterocycles. The molecule has 108 valence electrons. The fourth-order valence-electron chi connectivity index (χ4n) is 1.75. The van der Waals surface area contributed by atoms with Crippen LogP contribution in [0.3, 0.4) is 0 Å². The molecule has 6 heteroatoms. The second-order valence-electron chi connectivity index (χ2n) is 3.84. The molecule has 0 spiro atoms. The van der Waals surface area contributed by atoms with Gasteiger partial charge in [0.2, 0.25) is 0 Å². The predicted molar refractivity (Wildman–Crippen MR) is 80.4 cm³/mol. The van der Waals surface area contributed by atoms with Gasteiger partial charge in [0.25, 0.3) is 0 Å². The number of hydrogen-bond acceptors (Lipinski definition) is 4. The van der Waals surface area contributed by atoms with Crippen LogP contribution in [0.4, 0.5) is 0 Å². The van der Waals surface area contributed by atoms with Crippen LogP contribution in [-0.4, -0.2) is 29.7 Å². The van der Waals surface area contributed by atoms with E-state index in [2.05, 4.69) is 36.0 Å². The first-order valence-electron chi connectivity index (χ1n) is 6.14. The first-order valence-corrected chi connectivity index (χ1v) is 6.55. The van der Waals surface area contributed by atoms with Gasteiger partial charge in [0.1, 0.15) is 0 Å². The molecule has 21 heavy (non-hydrogen) atoms. The van der Waals surface area contributed by atoms with E-state index in [1.54, 1.807) is 0 Å².